The smallest absolute Gasteiger partial charge is 0.219 e. The minimum atomic E-state index is 0.552. The Labute approximate surface area is 121 Å². The summed E-state index contributed by atoms with van der Waals surface area (Å²) in [6.45, 7) is 5.76. The summed E-state index contributed by atoms with van der Waals surface area (Å²) in [5, 5.41) is 8.93. The minimum absolute atomic E-state index is 0.552. The molecule has 0 saturated heterocycles. The largest absolute Gasteiger partial charge is 0.438 e. The van der Waals surface area contributed by atoms with Crippen molar-refractivity contribution in [1.82, 2.24) is 4.98 Å². The predicted molar refractivity (Wildman–Crippen MR) is 77.4 cm³/mol. The summed E-state index contributed by atoms with van der Waals surface area (Å²) in [5.41, 5.74) is 3.38. The fraction of sp³-hybridized carbons (Fsp3) is 0.200. The van der Waals surface area contributed by atoms with E-state index in [-0.39, 0.29) is 0 Å². The lowest BCUT2D eigenvalue weighted by Crippen LogP contribution is -1.95. The van der Waals surface area contributed by atoms with Gasteiger partial charge in [-0.1, -0.05) is 0 Å². The third-order valence-electron chi connectivity index (χ3n) is 2.79. The van der Waals surface area contributed by atoms with Crippen molar-refractivity contribution < 1.29 is 4.74 Å². The molecule has 2 rings (SSSR count). The molecule has 1 aromatic heterocycles. The Kier molecular flexibility index (Phi) is 3.87. The van der Waals surface area contributed by atoms with Crippen molar-refractivity contribution >= 4 is 15.9 Å². The molecule has 0 aliphatic carbocycles. The Morgan fingerprint density at radius 3 is 2.32 bits per heavy atom. The summed E-state index contributed by atoms with van der Waals surface area (Å²) >= 11 is 3.41. The number of benzene rings is 1. The van der Waals surface area contributed by atoms with Crippen LogP contribution in [0.1, 0.15) is 22.4 Å². The highest BCUT2D eigenvalue weighted by Crippen LogP contribution is 2.29. The molecular formula is C15H13BrN2O. The summed E-state index contributed by atoms with van der Waals surface area (Å²) in [6.07, 6.45) is 0. The van der Waals surface area contributed by atoms with Gasteiger partial charge >= 0.3 is 0 Å². The lowest BCUT2D eigenvalue weighted by Gasteiger charge is -2.12. The van der Waals surface area contributed by atoms with Crippen LogP contribution in [0.3, 0.4) is 0 Å². The van der Waals surface area contributed by atoms with Gasteiger partial charge in [0.15, 0.2) is 0 Å². The number of nitriles is 1. The van der Waals surface area contributed by atoms with Crippen LogP contribution >= 0.6 is 15.9 Å². The number of nitrogens with zero attached hydrogens (tertiary/aromatic N) is 2. The molecule has 4 heteroatoms. The van der Waals surface area contributed by atoms with E-state index in [4.69, 9.17) is 10.00 Å². The molecule has 0 unspecified atom stereocenters. The molecule has 2 aromatic rings. The van der Waals surface area contributed by atoms with Gasteiger partial charge < -0.3 is 4.74 Å². The quantitative estimate of drug-likeness (QED) is 0.823. The van der Waals surface area contributed by atoms with E-state index in [9.17, 15) is 0 Å². The van der Waals surface area contributed by atoms with Crippen molar-refractivity contribution in [3.8, 4) is 17.7 Å². The minimum Gasteiger partial charge on any atom is -0.438 e. The topological polar surface area (TPSA) is 45.9 Å². The second kappa shape index (κ2) is 5.41. The van der Waals surface area contributed by atoms with E-state index in [1.807, 2.05) is 45.0 Å². The molecule has 0 aliphatic rings. The van der Waals surface area contributed by atoms with Gasteiger partial charge in [-0.05, 0) is 66.0 Å². The Morgan fingerprint density at radius 2 is 1.79 bits per heavy atom. The van der Waals surface area contributed by atoms with E-state index < -0.39 is 0 Å². The van der Waals surface area contributed by atoms with E-state index in [2.05, 4.69) is 27.0 Å². The monoisotopic (exact) mass is 316 g/mol. The SMILES string of the molecule is Cc1cc(C#N)cc(C)c1Oc1ccc(Br)c(C)n1. The van der Waals surface area contributed by atoms with E-state index in [0.717, 1.165) is 27.0 Å². The zero-order valence-corrected chi connectivity index (χ0v) is 12.6. The fourth-order valence-electron chi connectivity index (χ4n) is 1.86. The first kappa shape index (κ1) is 13.6. The first-order chi connectivity index (χ1) is 9.01. The normalized spacial score (nSPS) is 10.1. The summed E-state index contributed by atoms with van der Waals surface area (Å²) < 4.78 is 6.79. The zero-order chi connectivity index (χ0) is 14.0. The number of aromatic nitrogens is 1. The number of halogens is 1. The Balaban J connectivity index is 2.38. The van der Waals surface area contributed by atoms with Crippen molar-refractivity contribution in [2.24, 2.45) is 0 Å². The van der Waals surface area contributed by atoms with Gasteiger partial charge in [-0.25, -0.2) is 4.98 Å². The van der Waals surface area contributed by atoms with Crippen LogP contribution in [0, 0.1) is 32.1 Å². The molecule has 1 aromatic carbocycles. The van der Waals surface area contributed by atoms with Crippen molar-refractivity contribution in [3.63, 3.8) is 0 Å². The van der Waals surface area contributed by atoms with Crippen molar-refractivity contribution in [1.29, 1.82) is 5.26 Å². The summed E-state index contributed by atoms with van der Waals surface area (Å²) in [4.78, 5) is 4.36. The Morgan fingerprint density at radius 1 is 1.16 bits per heavy atom. The second-order valence-corrected chi connectivity index (χ2v) is 5.22. The van der Waals surface area contributed by atoms with Crippen LogP contribution in [0.4, 0.5) is 0 Å². The summed E-state index contributed by atoms with van der Waals surface area (Å²) in [5.74, 6) is 1.31. The highest BCUT2D eigenvalue weighted by molar-refractivity contribution is 9.10. The molecule has 0 amide bonds. The van der Waals surface area contributed by atoms with Gasteiger partial charge in [-0.2, -0.15) is 5.26 Å². The third kappa shape index (κ3) is 2.94. The van der Waals surface area contributed by atoms with E-state index in [1.165, 1.54) is 0 Å². The van der Waals surface area contributed by atoms with E-state index >= 15 is 0 Å². The van der Waals surface area contributed by atoms with Crippen LogP contribution < -0.4 is 4.74 Å². The maximum absolute atomic E-state index is 8.93. The third-order valence-corrected chi connectivity index (χ3v) is 3.63. The molecule has 0 bridgehead atoms. The van der Waals surface area contributed by atoms with Crippen LogP contribution in [0.15, 0.2) is 28.7 Å². The molecule has 0 N–H and O–H groups in total. The van der Waals surface area contributed by atoms with Crippen LogP contribution in [-0.2, 0) is 0 Å². The number of ether oxygens (including phenoxy) is 1. The second-order valence-electron chi connectivity index (χ2n) is 4.37. The standard InChI is InChI=1S/C15H13BrN2O/c1-9-6-12(8-17)7-10(2)15(9)19-14-5-4-13(16)11(3)18-14/h4-7H,1-3H3. The molecule has 0 aliphatic heterocycles. The molecule has 19 heavy (non-hydrogen) atoms. The van der Waals surface area contributed by atoms with Gasteiger partial charge in [0.1, 0.15) is 5.75 Å². The van der Waals surface area contributed by atoms with Gasteiger partial charge in [0.2, 0.25) is 5.88 Å². The number of pyridine rings is 1. The molecule has 0 radical (unpaired) electrons. The highest BCUT2D eigenvalue weighted by atomic mass is 79.9. The van der Waals surface area contributed by atoms with Crippen LogP contribution in [0.5, 0.6) is 11.6 Å². The highest BCUT2D eigenvalue weighted by Gasteiger charge is 2.09. The van der Waals surface area contributed by atoms with Gasteiger partial charge in [0.25, 0.3) is 0 Å². The van der Waals surface area contributed by atoms with Gasteiger partial charge in [0.05, 0.1) is 17.3 Å². The lowest BCUT2D eigenvalue weighted by molar-refractivity contribution is 0.454. The Hall–Kier alpha value is -1.86. The predicted octanol–water partition coefficient (Wildman–Crippen LogP) is 4.43. The Bertz CT molecular complexity index is 651. The van der Waals surface area contributed by atoms with Gasteiger partial charge in [-0.15, -0.1) is 0 Å². The van der Waals surface area contributed by atoms with Crippen LogP contribution in [0.25, 0.3) is 0 Å². The number of rotatable bonds is 2. The molecule has 0 spiro atoms. The fourth-order valence-corrected chi connectivity index (χ4v) is 2.08. The first-order valence-electron chi connectivity index (χ1n) is 5.83. The summed E-state index contributed by atoms with van der Waals surface area (Å²) in [6, 6.07) is 9.49. The molecule has 0 saturated carbocycles. The van der Waals surface area contributed by atoms with Gasteiger partial charge in [0, 0.05) is 10.5 Å². The lowest BCUT2D eigenvalue weighted by atomic mass is 10.1. The molecule has 0 fully saturated rings. The maximum atomic E-state index is 8.93. The maximum Gasteiger partial charge on any atom is 0.219 e. The van der Waals surface area contributed by atoms with Crippen LogP contribution in [0.2, 0.25) is 0 Å². The molecule has 0 atom stereocenters. The number of aryl methyl sites for hydroxylation is 3. The van der Waals surface area contributed by atoms with E-state index in [0.29, 0.717) is 11.4 Å². The number of hydrogen-bond donors (Lipinski definition) is 0. The first-order valence-corrected chi connectivity index (χ1v) is 6.63. The average molecular weight is 317 g/mol. The number of hydrogen-bond acceptors (Lipinski definition) is 3. The van der Waals surface area contributed by atoms with Crippen LogP contribution in [-0.4, -0.2) is 4.98 Å². The zero-order valence-electron chi connectivity index (χ0n) is 11.0. The van der Waals surface area contributed by atoms with Crippen molar-refractivity contribution in [3.05, 3.63) is 51.1 Å². The molecule has 1 heterocycles. The molecule has 3 nitrogen and oxygen atoms in total. The summed E-state index contributed by atoms with van der Waals surface area (Å²) in [7, 11) is 0. The average Bonchev–Trinajstić information content (AvgIpc) is 2.37. The van der Waals surface area contributed by atoms with Crippen molar-refractivity contribution in [2.75, 3.05) is 0 Å². The van der Waals surface area contributed by atoms with Crippen molar-refractivity contribution in [2.45, 2.75) is 20.8 Å². The molecule has 96 valence electrons. The van der Waals surface area contributed by atoms with Gasteiger partial charge in [-0.3, -0.25) is 0 Å². The van der Waals surface area contributed by atoms with E-state index in [1.54, 1.807) is 0 Å². The molecular weight excluding hydrogens is 304 g/mol.